The molecule has 1 aliphatic carbocycles. The van der Waals surface area contributed by atoms with Crippen LogP contribution in [0.5, 0.6) is 0 Å². The minimum absolute atomic E-state index is 0.342. The van der Waals surface area contributed by atoms with Crippen LogP contribution in [0.25, 0.3) is 0 Å². The maximum Gasteiger partial charge on any atom is 0.135 e. The zero-order valence-electron chi connectivity index (χ0n) is 10.8. The standard InChI is InChI=1S/C14H26O2/c1-3-5-9-16-10-8-12-6-7-14(15)13(4-2)11-12/h12-13H,3-11H2,1-2H3. The molecule has 0 N–H and O–H groups in total. The van der Waals surface area contributed by atoms with E-state index in [9.17, 15) is 4.79 Å². The van der Waals surface area contributed by atoms with Crippen LogP contribution in [-0.4, -0.2) is 19.0 Å². The number of carbonyl (C=O) groups is 1. The Balaban J connectivity index is 2.11. The summed E-state index contributed by atoms with van der Waals surface area (Å²) in [5.74, 6) is 1.56. The number of hydrogen-bond donors (Lipinski definition) is 0. The quantitative estimate of drug-likeness (QED) is 0.620. The Morgan fingerprint density at radius 2 is 2.12 bits per heavy atom. The molecule has 1 saturated carbocycles. The van der Waals surface area contributed by atoms with Gasteiger partial charge in [-0.2, -0.15) is 0 Å². The van der Waals surface area contributed by atoms with Gasteiger partial charge in [0, 0.05) is 25.6 Å². The summed E-state index contributed by atoms with van der Waals surface area (Å²) >= 11 is 0. The van der Waals surface area contributed by atoms with Gasteiger partial charge in [-0.1, -0.05) is 20.3 Å². The van der Waals surface area contributed by atoms with E-state index >= 15 is 0 Å². The normalized spacial score (nSPS) is 26.0. The first-order valence-corrected chi connectivity index (χ1v) is 6.88. The Kier molecular flexibility index (Phi) is 6.70. The summed E-state index contributed by atoms with van der Waals surface area (Å²) in [5.41, 5.74) is 0. The lowest BCUT2D eigenvalue weighted by Crippen LogP contribution is -2.25. The molecule has 16 heavy (non-hydrogen) atoms. The van der Waals surface area contributed by atoms with E-state index < -0.39 is 0 Å². The fourth-order valence-electron chi connectivity index (χ4n) is 2.46. The maximum absolute atomic E-state index is 11.6. The number of rotatable bonds is 7. The molecule has 2 atom stereocenters. The van der Waals surface area contributed by atoms with Crippen LogP contribution < -0.4 is 0 Å². The molecule has 0 aromatic carbocycles. The minimum atomic E-state index is 0.342. The summed E-state index contributed by atoms with van der Waals surface area (Å²) in [6.07, 6.45) is 7.53. The zero-order valence-corrected chi connectivity index (χ0v) is 10.8. The molecule has 0 aliphatic heterocycles. The molecule has 94 valence electrons. The summed E-state index contributed by atoms with van der Waals surface area (Å²) in [5, 5.41) is 0. The van der Waals surface area contributed by atoms with Crippen LogP contribution in [0, 0.1) is 11.8 Å². The molecule has 0 heterocycles. The minimum Gasteiger partial charge on any atom is -0.381 e. The second-order valence-corrected chi connectivity index (χ2v) is 4.97. The van der Waals surface area contributed by atoms with E-state index in [0.29, 0.717) is 11.7 Å². The summed E-state index contributed by atoms with van der Waals surface area (Å²) in [4.78, 5) is 11.6. The van der Waals surface area contributed by atoms with Gasteiger partial charge < -0.3 is 4.74 Å². The molecule has 2 nitrogen and oxygen atoms in total. The monoisotopic (exact) mass is 226 g/mol. The van der Waals surface area contributed by atoms with E-state index in [1.165, 1.54) is 12.8 Å². The highest BCUT2D eigenvalue weighted by molar-refractivity contribution is 5.81. The summed E-state index contributed by atoms with van der Waals surface area (Å²) in [6, 6.07) is 0. The Bertz CT molecular complexity index is 201. The number of ketones is 1. The Morgan fingerprint density at radius 3 is 2.81 bits per heavy atom. The van der Waals surface area contributed by atoms with Crippen LogP contribution in [0.3, 0.4) is 0 Å². The Hall–Kier alpha value is -0.370. The van der Waals surface area contributed by atoms with E-state index in [-0.39, 0.29) is 0 Å². The molecule has 0 bridgehead atoms. The van der Waals surface area contributed by atoms with E-state index in [4.69, 9.17) is 4.74 Å². The van der Waals surface area contributed by atoms with E-state index in [2.05, 4.69) is 13.8 Å². The molecule has 1 rings (SSSR count). The molecule has 0 saturated heterocycles. The van der Waals surface area contributed by atoms with Crippen molar-refractivity contribution < 1.29 is 9.53 Å². The van der Waals surface area contributed by atoms with Crippen LogP contribution in [0.15, 0.2) is 0 Å². The number of unbranched alkanes of at least 4 members (excludes halogenated alkanes) is 1. The first-order valence-electron chi connectivity index (χ1n) is 6.88. The van der Waals surface area contributed by atoms with E-state index in [1.54, 1.807) is 0 Å². The third-order valence-electron chi connectivity index (χ3n) is 3.68. The number of ether oxygens (including phenoxy) is 1. The van der Waals surface area contributed by atoms with Gasteiger partial charge in [0.05, 0.1) is 0 Å². The highest BCUT2D eigenvalue weighted by atomic mass is 16.5. The van der Waals surface area contributed by atoms with Gasteiger partial charge in [-0.3, -0.25) is 4.79 Å². The predicted octanol–water partition coefficient (Wildman–Crippen LogP) is 3.59. The fraction of sp³-hybridized carbons (Fsp3) is 0.929. The van der Waals surface area contributed by atoms with Crippen molar-refractivity contribution in [2.75, 3.05) is 13.2 Å². The molecule has 0 aromatic rings. The average molecular weight is 226 g/mol. The van der Waals surface area contributed by atoms with Crippen LogP contribution in [0.4, 0.5) is 0 Å². The molecule has 0 aromatic heterocycles. The third kappa shape index (κ3) is 4.65. The van der Waals surface area contributed by atoms with Gasteiger partial charge in [0.15, 0.2) is 0 Å². The smallest absolute Gasteiger partial charge is 0.135 e. The zero-order chi connectivity index (χ0) is 11.8. The molecular weight excluding hydrogens is 200 g/mol. The lowest BCUT2D eigenvalue weighted by Gasteiger charge is -2.27. The number of Topliss-reactive ketones (excluding diaryl/α,β-unsaturated/α-hetero) is 1. The molecule has 0 amide bonds. The molecule has 1 fully saturated rings. The first-order chi connectivity index (χ1) is 7.77. The van der Waals surface area contributed by atoms with Crippen molar-refractivity contribution in [1.82, 2.24) is 0 Å². The van der Waals surface area contributed by atoms with Gasteiger partial charge in [0.1, 0.15) is 5.78 Å². The van der Waals surface area contributed by atoms with E-state index in [0.717, 1.165) is 51.2 Å². The van der Waals surface area contributed by atoms with Crippen LogP contribution in [0.2, 0.25) is 0 Å². The second kappa shape index (κ2) is 7.83. The highest BCUT2D eigenvalue weighted by Crippen LogP contribution is 2.30. The van der Waals surface area contributed by atoms with Crippen LogP contribution >= 0.6 is 0 Å². The predicted molar refractivity (Wildman–Crippen MR) is 66.5 cm³/mol. The Morgan fingerprint density at radius 1 is 1.31 bits per heavy atom. The first kappa shape index (κ1) is 13.7. The summed E-state index contributed by atoms with van der Waals surface area (Å²) in [6.45, 7) is 6.10. The van der Waals surface area contributed by atoms with Crippen molar-refractivity contribution in [3.05, 3.63) is 0 Å². The SMILES string of the molecule is CCCCOCCC1CCC(=O)C(CC)C1. The lowest BCUT2D eigenvalue weighted by atomic mass is 9.78. The van der Waals surface area contributed by atoms with Crippen LogP contribution in [0.1, 0.15) is 58.8 Å². The van der Waals surface area contributed by atoms with Gasteiger partial charge in [-0.05, 0) is 38.0 Å². The van der Waals surface area contributed by atoms with Gasteiger partial charge in [-0.25, -0.2) is 0 Å². The molecular formula is C14H26O2. The van der Waals surface area contributed by atoms with Crippen LogP contribution in [-0.2, 0) is 9.53 Å². The van der Waals surface area contributed by atoms with Crippen molar-refractivity contribution in [2.24, 2.45) is 11.8 Å². The fourth-order valence-corrected chi connectivity index (χ4v) is 2.46. The average Bonchev–Trinajstić information content (AvgIpc) is 2.31. The van der Waals surface area contributed by atoms with Gasteiger partial charge in [0.25, 0.3) is 0 Å². The number of carbonyl (C=O) groups excluding carboxylic acids is 1. The number of hydrogen-bond acceptors (Lipinski definition) is 2. The van der Waals surface area contributed by atoms with Crippen molar-refractivity contribution in [2.45, 2.75) is 58.8 Å². The summed E-state index contributed by atoms with van der Waals surface area (Å²) < 4.78 is 5.59. The van der Waals surface area contributed by atoms with Crippen molar-refractivity contribution in [3.8, 4) is 0 Å². The van der Waals surface area contributed by atoms with Gasteiger partial charge in [-0.15, -0.1) is 0 Å². The second-order valence-electron chi connectivity index (χ2n) is 4.97. The summed E-state index contributed by atoms with van der Waals surface area (Å²) in [7, 11) is 0. The molecule has 0 spiro atoms. The lowest BCUT2D eigenvalue weighted by molar-refractivity contribution is -0.125. The molecule has 0 radical (unpaired) electrons. The van der Waals surface area contributed by atoms with Gasteiger partial charge >= 0.3 is 0 Å². The largest absolute Gasteiger partial charge is 0.381 e. The topological polar surface area (TPSA) is 26.3 Å². The maximum atomic E-state index is 11.6. The van der Waals surface area contributed by atoms with Crippen molar-refractivity contribution in [1.29, 1.82) is 0 Å². The van der Waals surface area contributed by atoms with Crippen molar-refractivity contribution >= 4 is 5.78 Å². The third-order valence-corrected chi connectivity index (χ3v) is 3.68. The van der Waals surface area contributed by atoms with Crippen molar-refractivity contribution in [3.63, 3.8) is 0 Å². The van der Waals surface area contributed by atoms with Gasteiger partial charge in [0.2, 0.25) is 0 Å². The molecule has 2 heteroatoms. The molecule has 1 aliphatic rings. The Labute approximate surface area is 99.8 Å². The molecule has 2 unspecified atom stereocenters. The highest BCUT2D eigenvalue weighted by Gasteiger charge is 2.26. The van der Waals surface area contributed by atoms with E-state index in [1.807, 2.05) is 0 Å².